The van der Waals surface area contributed by atoms with Gasteiger partial charge < -0.3 is 21.7 Å². The second-order valence-electron chi connectivity index (χ2n) is 8.83. The van der Waals surface area contributed by atoms with Crippen LogP contribution in [0.3, 0.4) is 0 Å². The van der Waals surface area contributed by atoms with E-state index in [1.54, 1.807) is 0 Å². The highest BCUT2D eigenvalue weighted by Crippen LogP contribution is 2.67. The highest BCUT2D eigenvalue weighted by molar-refractivity contribution is 5.57. The Bertz CT molecular complexity index is 864. The smallest absolute Gasteiger partial charge is 0.138 e. The van der Waals surface area contributed by atoms with E-state index in [2.05, 4.69) is 12.1 Å². The number of phenols is 2. The van der Waals surface area contributed by atoms with Gasteiger partial charge in [0.1, 0.15) is 11.5 Å². The van der Waals surface area contributed by atoms with Crippen LogP contribution in [0, 0.1) is 17.8 Å². The Hall–Kier alpha value is -2.36. The molecule has 0 spiro atoms. The Morgan fingerprint density at radius 3 is 2.04 bits per heavy atom. The lowest BCUT2D eigenvalue weighted by molar-refractivity contribution is -0.0281. The summed E-state index contributed by atoms with van der Waals surface area (Å²) in [7, 11) is 0. The van der Waals surface area contributed by atoms with Gasteiger partial charge in [-0.1, -0.05) is 12.1 Å². The number of aromatic hydroxyl groups is 2. The van der Waals surface area contributed by atoms with Crippen LogP contribution in [0.1, 0.15) is 49.1 Å². The molecule has 2 aromatic carbocycles. The molecule has 4 aliphatic carbocycles. The van der Waals surface area contributed by atoms with Crippen LogP contribution in [0.15, 0.2) is 36.4 Å². The van der Waals surface area contributed by atoms with E-state index >= 15 is 0 Å². The molecule has 4 saturated carbocycles. The molecule has 2 aromatic rings. The predicted octanol–water partition coefficient (Wildman–Crippen LogP) is 4.12. The van der Waals surface area contributed by atoms with Crippen molar-refractivity contribution in [2.24, 2.45) is 17.8 Å². The normalized spacial score (nSPS) is 34.9. The first-order valence-corrected chi connectivity index (χ1v) is 9.63. The van der Waals surface area contributed by atoms with Crippen LogP contribution in [0.25, 0.3) is 0 Å². The molecule has 6 N–H and O–H groups in total. The lowest BCUT2D eigenvalue weighted by Gasteiger charge is -2.62. The van der Waals surface area contributed by atoms with Crippen LogP contribution in [-0.4, -0.2) is 10.2 Å². The molecule has 136 valence electrons. The zero-order valence-corrected chi connectivity index (χ0v) is 14.9. The maximum absolute atomic E-state index is 10.3. The number of nitrogen functional groups attached to an aromatic ring is 2. The van der Waals surface area contributed by atoms with E-state index in [1.807, 2.05) is 24.3 Å². The predicted molar refractivity (Wildman–Crippen MR) is 103 cm³/mol. The SMILES string of the molecule is Nc1ccc(C2C3CC4CC(C3)CC2(c2ccc(N)c(O)c2)C4)cc1O. The van der Waals surface area contributed by atoms with E-state index in [-0.39, 0.29) is 16.9 Å². The molecular formula is C22H26N2O2. The maximum Gasteiger partial charge on any atom is 0.138 e. The molecule has 0 aliphatic heterocycles. The highest BCUT2D eigenvalue weighted by atomic mass is 16.3. The van der Waals surface area contributed by atoms with Crippen molar-refractivity contribution in [2.45, 2.75) is 43.4 Å². The fourth-order valence-electron chi connectivity index (χ4n) is 6.65. The average Bonchev–Trinajstić information content (AvgIpc) is 2.59. The minimum atomic E-state index is 0.0164. The molecule has 4 bridgehead atoms. The number of benzene rings is 2. The summed E-state index contributed by atoms with van der Waals surface area (Å²) in [4.78, 5) is 0. The Balaban J connectivity index is 1.68. The molecule has 4 heteroatoms. The van der Waals surface area contributed by atoms with Crippen molar-refractivity contribution in [3.05, 3.63) is 47.5 Å². The summed E-state index contributed by atoms with van der Waals surface area (Å²) >= 11 is 0. The number of hydrogen-bond donors (Lipinski definition) is 4. The first-order chi connectivity index (χ1) is 12.5. The van der Waals surface area contributed by atoms with Gasteiger partial charge in [-0.3, -0.25) is 0 Å². The minimum absolute atomic E-state index is 0.0164. The van der Waals surface area contributed by atoms with Crippen LogP contribution in [0.4, 0.5) is 11.4 Å². The van der Waals surface area contributed by atoms with Gasteiger partial charge in [0.15, 0.2) is 0 Å². The Morgan fingerprint density at radius 2 is 1.42 bits per heavy atom. The second kappa shape index (κ2) is 5.32. The summed E-state index contributed by atoms with van der Waals surface area (Å²) in [6.07, 6.45) is 6.20. The van der Waals surface area contributed by atoms with Crippen LogP contribution in [0.5, 0.6) is 11.5 Å². The van der Waals surface area contributed by atoms with Gasteiger partial charge in [-0.25, -0.2) is 0 Å². The molecule has 3 unspecified atom stereocenters. The zero-order chi connectivity index (χ0) is 18.1. The highest BCUT2D eigenvalue weighted by Gasteiger charge is 2.58. The lowest BCUT2D eigenvalue weighted by Crippen LogP contribution is -2.53. The van der Waals surface area contributed by atoms with Crippen molar-refractivity contribution in [3.63, 3.8) is 0 Å². The van der Waals surface area contributed by atoms with E-state index in [0.717, 1.165) is 24.7 Å². The van der Waals surface area contributed by atoms with Gasteiger partial charge in [-0.15, -0.1) is 0 Å². The summed E-state index contributed by atoms with van der Waals surface area (Å²) in [5.74, 6) is 2.87. The fourth-order valence-corrected chi connectivity index (χ4v) is 6.65. The molecule has 4 fully saturated rings. The van der Waals surface area contributed by atoms with Crippen molar-refractivity contribution in [3.8, 4) is 11.5 Å². The van der Waals surface area contributed by atoms with Gasteiger partial charge in [-0.2, -0.15) is 0 Å². The molecule has 4 aliphatic rings. The van der Waals surface area contributed by atoms with Crippen molar-refractivity contribution in [1.29, 1.82) is 0 Å². The topological polar surface area (TPSA) is 92.5 Å². The van der Waals surface area contributed by atoms with E-state index in [9.17, 15) is 10.2 Å². The number of phenolic OH excluding ortho intramolecular Hbond substituents is 2. The van der Waals surface area contributed by atoms with Crippen LogP contribution in [-0.2, 0) is 5.41 Å². The summed E-state index contributed by atoms with van der Waals surface area (Å²) in [5, 5.41) is 20.5. The van der Waals surface area contributed by atoms with Gasteiger partial charge in [0.05, 0.1) is 11.4 Å². The third-order valence-electron chi connectivity index (χ3n) is 7.33. The quantitative estimate of drug-likeness (QED) is 0.484. The molecule has 0 heterocycles. The fraction of sp³-hybridized carbons (Fsp3) is 0.455. The van der Waals surface area contributed by atoms with Crippen molar-refractivity contribution in [1.82, 2.24) is 0 Å². The van der Waals surface area contributed by atoms with Gasteiger partial charge in [0, 0.05) is 5.41 Å². The van der Waals surface area contributed by atoms with Crippen LogP contribution in [0.2, 0.25) is 0 Å². The summed E-state index contributed by atoms with van der Waals surface area (Å²) < 4.78 is 0. The molecule has 0 radical (unpaired) electrons. The third-order valence-corrected chi connectivity index (χ3v) is 7.33. The van der Waals surface area contributed by atoms with E-state index < -0.39 is 0 Å². The largest absolute Gasteiger partial charge is 0.506 e. The molecule has 0 saturated heterocycles. The molecule has 3 atom stereocenters. The molecule has 4 nitrogen and oxygen atoms in total. The number of nitrogens with two attached hydrogens (primary N) is 2. The summed E-state index contributed by atoms with van der Waals surface area (Å²) in [6.45, 7) is 0. The number of rotatable bonds is 2. The third kappa shape index (κ3) is 2.14. The van der Waals surface area contributed by atoms with Crippen molar-refractivity contribution < 1.29 is 10.2 Å². The number of hydrogen-bond acceptors (Lipinski definition) is 4. The lowest BCUT2D eigenvalue weighted by atomic mass is 9.42. The van der Waals surface area contributed by atoms with E-state index in [0.29, 0.717) is 23.2 Å². The monoisotopic (exact) mass is 350 g/mol. The maximum atomic E-state index is 10.3. The second-order valence-corrected chi connectivity index (χ2v) is 8.83. The van der Waals surface area contributed by atoms with E-state index in [1.165, 1.54) is 30.4 Å². The molecule has 0 amide bonds. The Kier molecular flexibility index (Phi) is 3.25. The van der Waals surface area contributed by atoms with Gasteiger partial charge in [0.25, 0.3) is 0 Å². The van der Waals surface area contributed by atoms with Crippen LogP contribution < -0.4 is 11.5 Å². The first-order valence-electron chi connectivity index (χ1n) is 9.63. The molecule has 6 rings (SSSR count). The van der Waals surface area contributed by atoms with Gasteiger partial charge in [0.2, 0.25) is 0 Å². The van der Waals surface area contributed by atoms with Crippen molar-refractivity contribution >= 4 is 11.4 Å². The average molecular weight is 350 g/mol. The first kappa shape index (κ1) is 15.9. The minimum Gasteiger partial charge on any atom is -0.506 e. The van der Waals surface area contributed by atoms with Crippen molar-refractivity contribution in [2.75, 3.05) is 11.5 Å². The zero-order valence-electron chi connectivity index (χ0n) is 14.9. The molecular weight excluding hydrogens is 324 g/mol. The van der Waals surface area contributed by atoms with Gasteiger partial charge >= 0.3 is 0 Å². The Labute approximate surface area is 153 Å². The van der Waals surface area contributed by atoms with Crippen LogP contribution >= 0.6 is 0 Å². The summed E-state index contributed by atoms with van der Waals surface area (Å²) in [6, 6.07) is 11.6. The standard InChI is InChI=1S/C22H26N2O2/c23-17-3-1-14(8-19(17)25)21-15-6-12-5-13(7-15)11-22(21,10-12)16-2-4-18(24)20(26)9-16/h1-4,8-9,12-13,15,21,25-26H,5-7,10-11,23-24H2. The Morgan fingerprint density at radius 1 is 0.808 bits per heavy atom. The number of anilines is 2. The summed E-state index contributed by atoms with van der Waals surface area (Å²) in [5.41, 5.74) is 15.0. The molecule has 26 heavy (non-hydrogen) atoms. The van der Waals surface area contributed by atoms with Gasteiger partial charge in [-0.05, 0) is 91.2 Å². The van der Waals surface area contributed by atoms with E-state index in [4.69, 9.17) is 11.5 Å². The molecule has 0 aromatic heterocycles.